The molecular weight excluding hydrogens is 244 g/mol. The van der Waals surface area contributed by atoms with E-state index in [0.29, 0.717) is 32.5 Å². The van der Waals surface area contributed by atoms with Crippen molar-refractivity contribution in [3.63, 3.8) is 0 Å². The van der Waals surface area contributed by atoms with Gasteiger partial charge in [0.25, 0.3) is 0 Å². The number of carbonyl (C=O) groups excluding carboxylic acids is 1. The number of rotatable bonds is 4. The Balaban J connectivity index is 1.98. The molecule has 104 valence electrons. The van der Waals surface area contributed by atoms with Crippen molar-refractivity contribution in [3.05, 3.63) is 29.8 Å². The summed E-state index contributed by atoms with van der Waals surface area (Å²) < 4.78 is 5.22. The molecule has 0 saturated carbocycles. The van der Waals surface area contributed by atoms with Crippen LogP contribution in [0.15, 0.2) is 24.3 Å². The molecule has 1 aromatic rings. The predicted octanol–water partition coefficient (Wildman–Crippen LogP) is 0.668. The van der Waals surface area contributed by atoms with Gasteiger partial charge in [-0.25, -0.2) is 0 Å². The summed E-state index contributed by atoms with van der Waals surface area (Å²) in [5, 5.41) is 11.7. The Labute approximate surface area is 112 Å². The molecule has 0 unspecified atom stereocenters. The fraction of sp³-hybridized carbons (Fsp3) is 0.500. The standard InChI is InChI=1S/C14H20N2O3/c15-14(6-9-19-10-7-14)13(18)16-12-3-1-11(2-4-12)5-8-17/h1-4,17H,5-10,15H2,(H,16,18). The molecule has 1 amide bonds. The molecule has 5 heteroatoms. The number of nitrogens with two attached hydrogens (primary N) is 1. The van der Waals surface area contributed by atoms with E-state index in [1.54, 1.807) is 0 Å². The molecule has 1 heterocycles. The minimum absolute atomic E-state index is 0.123. The van der Waals surface area contributed by atoms with Crippen LogP contribution in [0.5, 0.6) is 0 Å². The largest absolute Gasteiger partial charge is 0.396 e. The fourth-order valence-corrected chi connectivity index (χ4v) is 2.10. The van der Waals surface area contributed by atoms with E-state index in [4.69, 9.17) is 15.6 Å². The quantitative estimate of drug-likeness (QED) is 0.746. The van der Waals surface area contributed by atoms with Gasteiger partial charge in [0, 0.05) is 25.5 Å². The summed E-state index contributed by atoms with van der Waals surface area (Å²) in [5.41, 5.74) is 7.03. The van der Waals surface area contributed by atoms with Crippen molar-refractivity contribution in [2.45, 2.75) is 24.8 Å². The number of ether oxygens (including phenoxy) is 1. The number of hydrogen-bond donors (Lipinski definition) is 3. The number of aliphatic hydroxyl groups excluding tert-OH is 1. The van der Waals surface area contributed by atoms with Gasteiger partial charge in [0.05, 0.1) is 0 Å². The summed E-state index contributed by atoms with van der Waals surface area (Å²) in [7, 11) is 0. The lowest BCUT2D eigenvalue weighted by Crippen LogP contribution is -2.54. The molecule has 0 atom stereocenters. The van der Waals surface area contributed by atoms with Crippen molar-refractivity contribution in [2.24, 2.45) is 5.73 Å². The molecule has 4 N–H and O–H groups in total. The predicted molar refractivity (Wildman–Crippen MR) is 72.8 cm³/mol. The lowest BCUT2D eigenvalue weighted by atomic mass is 9.90. The van der Waals surface area contributed by atoms with Gasteiger partial charge >= 0.3 is 0 Å². The number of aliphatic hydroxyl groups is 1. The van der Waals surface area contributed by atoms with E-state index in [2.05, 4.69) is 5.32 Å². The van der Waals surface area contributed by atoms with E-state index in [9.17, 15) is 4.79 Å². The highest BCUT2D eigenvalue weighted by molar-refractivity contribution is 5.98. The maximum absolute atomic E-state index is 12.2. The first kappa shape index (κ1) is 14.0. The molecule has 0 aromatic heterocycles. The number of benzene rings is 1. The molecule has 1 aliphatic heterocycles. The smallest absolute Gasteiger partial charge is 0.244 e. The first-order valence-corrected chi connectivity index (χ1v) is 6.52. The van der Waals surface area contributed by atoms with Crippen molar-refractivity contribution in [2.75, 3.05) is 25.1 Å². The van der Waals surface area contributed by atoms with E-state index in [-0.39, 0.29) is 12.5 Å². The number of hydrogen-bond acceptors (Lipinski definition) is 4. The molecule has 19 heavy (non-hydrogen) atoms. The average Bonchev–Trinajstić information content (AvgIpc) is 2.42. The number of anilines is 1. The molecule has 2 rings (SSSR count). The average molecular weight is 264 g/mol. The Hall–Kier alpha value is -1.43. The summed E-state index contributed by atoms with van der Waals surface area (Å²) in [5.74, 6) is -0.161. The van der Waals surface area contributed by atoms with Gasteiger partial charge in [-0.05, 0) is 37.0 Å². The Bertz CT molecular complexity index is 425. The molecule has 0 spiro atoms. The third-order valence-corrected chi connectivity index (χ3v) is 3.45. The number of nitrogens with one attached hydrogen (secondary N) is 1. The Morgan fingerprint density at radius 2 is 1.95 bits per heavy atom. The molecule has 1 aromatic carbocycles. The Morgan fingerprint density at radius 1 is 1.32 bits per heavy atom. The summed E-state index contributed by atoms with van der Waals surface area (Å²) in [6, 6.07) is 7.43. The van der Waals surface area contributed by atoms with E-state index in [1.165, 1.54) is 0 Å². The van der Waals surface area contributed by atoms with E-state index >= 15 is 0 Å². The lowest BCUT2D eigenvalue weighted by molar-refractivity contribution is -0.124. The molecule has 5 nitrogen and oxygen atoms in total. The zero-order chi connectivity index (χ0) is 13.7. The van der Waals surface area contributed by atoms with Crippen LogP contribution in [0.3, 0.4) is 0 Å². The van der Waals surface area contributed by atoms with Gasteiger partial charge in [0.1, 0.15) is 5.54 Å². The van der Waals surface area contributed by atoms with Gasteiger partial charge in [0.2, 0.25) is 5.91 Å². The van der Waals surface area contributed by atoms with Gasteiger partial charge in [-0.1, -0.05) is 12.1 Å². The van der Waals surface area contributed by atoms with Gasteiger partial charge in [-0.15, -0.1) is 0 Å². The second-order valence-corrected chi connectivity index (χ2v) is 4.89. The number of carbonyl (C=O) groups is 1. The molecule has 1 fully saturated rings. The normalized spacial score (nSPS) is 18.0. The van der Waals surface area contributed by atoms with Crippen LogP contribution in [0.4, 0.5) is 5.69 Å². The number of amides is 1. The minimum atomic E-state index is -0.831. The van der Waals surface area contributed by atoms with Crippen molar-refractivity contribution >= 4 is 11.6 Å². The summed E-state index contributed by atoms with van der Waals surface area (Å²) in [6.07, 6.45) is 1.70. The maximum Gasteiger partial charge on any atom is 0.244 e. The Morgan fingerprint density at radius 3 is 2.53 bits per heavy atom. The second-order valence-electron chi connectivity index (χ2n) is 4.89. The first-order valence-electron chi connectivity index (χ1n) is 6.52. The third kappa shape index (κ3) is 3.53. The topological polar surface area (TPSA) is 84.6 Å². The Kier molecular flexibility index (Phi) is 4.52. The van der Waals surface area contributed by atoms with E-state index in [0.717, 1.165) is 11.3 Å². The van der Waals surface area contributed by atoms with Crippen molar-refractivity contribution < 1.29 is 14.6 Å². The minimum Gasteiger partial charge on any atom is -0.396 e. The molecular formula is C14H20N2O3. The zero-order valence-corrected chi connectivity index (χ0v) is 10.9. The van der Waals surface area contributed by atoms with Crippen molar-refractivity contribution in [1.29, 1.82) is 0 Å². The highest BCUT2D eigenvalue weighted by Gasteiger charge is 2.35. The third-order valence-electron chi connectivity index (χ3n) is 3.45. The van der Waals surface area contributed by atoms with Gasteiger partial charge in [-0.3, -0.25) is 4.79 Å². The lowest BCUT2D eigenvalue weighted by Gasteiger charge is -2.31. The van der Waals surface area contributed by atoms with Crippen molar-refractivity contribution in [1.82, 2.24) is 0 Å². The first-order chi connectivity index (χ1) is 9.14. The second kappa shape index (κ2) is 6.14. The van der Waals surface area contributed by atoms with Crippen molar-refractivity contribution in [3.8, 4) is 0 Å². The van der Waals surface area contributed by atoms with Gasteiger partial charge in [0.15, 0.2) is 0 Å². The van der Waals surface area contributed by atoms with Crippen LogP contribution in [-0.2, 0) is 16.0 Å². The summed E-state index contributed by atoms with van der Waals surface area (Å²) in [4.78, 5) is 12.2. The molecule has 0 radical (unpaired) electrons. The highest BCUT2D eigenvalue weighted by Crippen LogP contribution is 2.20. The zero-order valence-electron chi connectivity index (χ0n) is 10.9. The van der Waals surface area contributed by atoms with Gasteiger partial charge in [-0.2, -0.15) is 0 Å². The van der Waals surface area contributed by atoms with Crippen LogP contribution in [0, 0.1) is 0 Å². The molecule has 0 aliphatic carbocycles. The molecule has 1 saturated heterocycles. The monoisotopic (exact) mass is 264 g/mol. The highest BCUT2D eigenvalue weighted by atomic mass is 16.5. The molecule has 1 aliphatic rings. The van der Waals surface area contributed by atoms with Crippen LogP contribution in [0.2, 0.25) is 0 Å². The van der Waals surface area contributed by atoms with E-state index < -0.39 is 5.54 Å². The van der Waals surface area contributed by atoms with Crippen LogP contribution >= 0.6 is 0 Å². The van der Waals surface area contributed by atoms with Crippen LogP contribution < -0.4 is 11.1 Å². The fourth-order valence-electron chi connectivity index (χ4n) is 2.10. The SMILES string of the molecule is NC1(C(=O)Nc2ccc(CCO)cc2)CCOCC1. The van der Waals surface area contributed by atoms with Gasteiger partial charge < -0.3 is 20.9 Å². The van der Waals surface area contributed by atoms with Crippen LogP contribution in [0.25, 0.3) is 0 Å². The maximum atomic E-state index is 12.2. The van der Waals surface area contributed by atoms with Crippen LogP contribution in [0.1, 0.15) is 18.4 Å². The summed E-state index contributed by atoms with van der Waals surface area (Å²) >= 11 is 0. The van der Waals surface area contributed by atoms with E-state index in [1.807, 2.05) is 24.3 Å². The molecule has 0 bridgehead atoms. The van der Waals surface area contributed by atoms with Crippen LogP contribution in [-0.4, -0.2) is 36.4 Å². The summed E-state index contributed by atoms with van der Waals surface area (Å²) in [6.45, 7) is 1.18.